The van der Waals surface area contributed by atoms with Gasteiger partial charge in [-0.1, -0.05) is 5.16 Å². The van der Waals surface area contributed by atoms with Crippen molar-refractivity contribution in [2.24, 2.45) is 12.0 Å². The van der Waals surface area contributed by atoms with Crippen LogP contribution in [0.25, 0.3) is 11.1 Å². The molecule has 1 aliphatic carbocycles. The second kappa shape index (κ2) is 6.33. The summed E-state index contributed by atoms with van der Waals surface area (Å²) in [5, 5.41) is 11.0. The van der Waals surface area contributed by atoms with Crippen LogP contribution in [0.1, 0.15) is 40.4 Å². The first-order chi connectivity index (χ1) is 13.6. The van der Waals surface area contributed by atoms with Crippen molar-refractivity contribution in [3.05, 3.63) is 47.6 Å². The lowest BCUT2D eigenvalue weighted by Crippen LogP contribution is -2.30. The minimum Gasteiger partial charge on any atom is -0.496 e. The maximum Gasteiger partial charge on any atom is 0.261 e. The number of carbonyl (C=O) groups is 1. The second-order valence-corrected chi connectivity index (χ2v) is 7.11. The van der Waals surface area contributed by atoms with Crippen molar-refractivity contribution in [3.8, 4) is 16.9 Å². The van der Waals surface area contributed by atoms with Crippen molar-refractivity contribution < 1.29 is 14.1 Å². The summed E-state index contributed by atoms with van der Waals surface area (Å²) in [7, 11) is 3.51. The maximum absolute atomic E-state index is 12.7. The fourth-order valence-corrected chi connectivity index (χ4v) is 3.57. The van der Waals surface area contributed by atoms with Crippen molar-refractivity contribution >= 4 is 17.4 Å². The third-order valence-electron chi connectivity index (χ3n) is 5.12. The number of amidine groups is 1. The number of nitrogens with zero attached hydrogens (tertiary/aromatic N) is 4. The van der Waals surface area contributed by atoms with Crippen LogP contribution < -0.4 is 10.1 Å². The number of aromatic nitrogens is 3. The molecule has 3 heterocycles. The molecule has 3 aromatic rings. The van der Waals surface area contributed by atoms with Crippen molar-refractivity contribution in [3.63, 3.8) is 0 Å². The molecule has 1 aromatic carbocycles. The Kier molecular flexibility index (Phi) is 3.78. The number of ether oxygens (including phenoxy) is 1. The zero-order valence-electron chi connectivity index (χ0n) is 15.6. The van der Waals surface area contributed by atoms with E-state index in [1.807, 2.05) is 25.4 Å². The molecule has 142 valence electrons. The summed E-state index contributed by atoms with van der Waals surface area (Å²) in [5.74, 6) is 2.07. The molecule has 0 atom stereocenters. The van der Waals surface area contributed by atoms with Crippen LogP contribution in [0.3, 0.4) is 0 Å². The van der Waals surface area contributed by atoms with Gasteiger partial charge in [0.05, 0.1) is 25.2 Å². The summed E-state index contributed by atoms with van der Waals surface area (Å²) in [6.45, 7) is 0. The minimum atomic E-state index is -0.239. The van der Waals surface area contributed by atoms with E-state index in [4.69, 9.17) is 14.3 Å². The van der Waals surface area contributed by atoms with E-state index in [0.29, 0.717) is 29.5 Å². The summed E-state index contributed by atoms with van der Waals surface area (Å²) in [6.07, 6.45) is 7.78. The van der Waals surface area contributed by atoms with Gasteiger partial charge in [0.15, 0.2) is 5.76 Å². The van der Waals surface area contributed by atoms with E-state index in [9.17, 15) is 4.79 Å². The van der Waals surface area contributed by atoms with Crippen LogP contribution in [0, 0.1) is 0 Å². The molecule has 0 bridgehead atoms. The van der Waals surface area contributed by atoms with Crippen molar-refractivity contribution in [2.75, 3.05) is 7.11 Å². The number of benzene rings is 1. The number of methoxy groups -OCH3 is 1. The molecule has 5 rings (SSSR count). The van der Waals surface area contributed by atoms with Gasteiger partial charge in [-0.3, -0.25) is 9.48 Å². The van der Waals surface area contributed by atoms with Crippen LogP contribution in [-0.4, -0.2) is 33.8 Å². The standard InChI is InChI=1S/C20H19N5O3/c1-25-10-12(8-21-25)13-5-6-16(27-2)14-7-17(23-18(13)14)24-20(26)15-9-22-28-19(15)11-3-4-11/h5-6,8-11H,3-4,7H2,1-2H3,(H,23,24,26). The molecular formula is C20H19N5O3. The molecule has 1 N–H and O–H groups in total. The van der Waals surface area contributed by atoms with Gasteiger partial charge in [0.2, 0.25) is 0 Å². The van der Waals surface area contributed by atoms with Crippen LogP contribution >= 0.6 is 0 Å². The average molecular weight is 377 g/mol. The highest BCUT2D eigenvalue weighted by atomic mass is 16.5. The SMILES string of the molecule is COc1ccc(-c2cnn(C)c2)c2c1CC(NC(=O)c1cnoc1C1CC1)=N2. The van der Waals surface area contributed by atoms with E-state index in [0.717, 1.165) is 41.0 Å². The summed E-state index contributed by atoms with van der Waals surface area (Å²) < 4.78 is 12.5. The largest absolute Gasteiger partial charge is 0.496 e. The van der Waals surface area contributed by atoms with Crippen molar-refractivity contribution in [2.45, 2.75) is 25.2 Å². The van der Waals surface area contributed by atoms with Crippen LogP contribution in [0.4, 0.5) is 5.69 Å². The molecule has 0 saturated heterocycles. The first-order valence-corrected chi connectivity index (χ1v) is 9.16. The van der Waals surface area contributed by atoms with E-state index in [1.165, 1.54) is 6.20 Å². The lowest BCUT2D eigenvalue weighted by molar-refractivity contribution is 0.0974. The van der Waals surface area contributed by atoms with E-state index in [2.05, 4.69) is 15.6 Å². The van der Waals surface area contributed by atoms with E-state index < -0.39 is 0 Å². The number of rotatable bonds is 4. The number of aliphatic imine (C=N–C) groups is 1. The van der Waals surface area contributed by atoms with Gasteiger partial charge >= 0.3 is 0 Å². The van der Waals surface area contributed by atoms with Gasteiger partial charge in [-0.15, -0.1) is 0 Å². The Hall–Kier alpha value is -3.42. The molecule has 1 amide bonds. The smallest absolute Gasteiger partial charge is 0.261 e. The van der Waals surface area contributed by atoms with E-state index in [-0.39, 0.29) is 5.91 Å². The summed E-state index contributed by atoms with van der Waals surface area (Å²) >= 11 is 0. The number of aryl methyl sites for hydroxylation is 1. The number of fused-ring (bicyclic) bond motifs is 1. The first kappa shape index (κ1) is 16.7. The van der Waals surface area contributed by atoms with Gasteiger partial charge in [-0.2, -0.15) is 5.10 Å². The highest BCUT2D eigenvalue weighted by molar-refractivity contribution is 6.10. The molecule has 2 aromatic heterocycles. The van der Waals surface area contributed by atoms with Gasteiger partial charge in [0.25, 0.3) is 5.91 Å². The third-order valence-corrected chi connectivity index (χ3v) is 5.12. The number of nitrogens with one attached hydrogen (secondary N) is 1. The van der Waals surface area contributed by atoms with Crippen molar-refractivity contribution in [1.29, 1.82) is 0 Å². The molecule has 1 fully saturated rings. The highest BCUT2D eigenvalue weighted by Gasteiger charge is 2.33. The molecule has 28 heavy (non-hydrogen) atoms. The maximum atomic E-state index is 12.7. The molecular weight excluding hydrogens is 358 g/mol. The van der Waals surface area contributed by atoms with Gasteiger partial charge in [-0.05, 0) is 25.0 Å². The predicted molar refractivity (Wildman–Crippen MR) is 102 cm³/mol. The fourth-order valence-electron chi connectivity index (χ4n) is 3.57. The Morgan fingerprint density at radius 2 is 2.18 bits per heavy atom. The Balaban J connectivity index is 1.46. The zero-order valence-corrected chi connectivity index (χ0v) is 15.6. The van der Waals surface area contributed by atoms with Gasteiger partial charge < -0.3 is 14.6 Å². The molecule has 0 spiro atoms. The van der Waals surface area contributed by atoms with Gasteiger partial charge in [0.1, 0.15) is 17.1 Å². The molecule has 0 radical (unpaired) electrons. The topological polar surface area (TPSA) is 94.5 Å². The van der Waals surface area contributed by atoms with Crippen LogP contribution in [0.5, 0.6) is 5.75 Å². The molecule has 0 unspecified atom stereocenters. The Morgan fingerprint density at radius 3 is 2.89 bits per heavy atom. The second-order valence-electron chi connectivity index (χ2n) is 7.11. The number of carbonyl (C=O) groups excluding carboxylic acids is 1. The first-order valence-electron chi connectivity index (χ1n) is 9.16. The molecule has 2 aliphatic rings. The Labute approximate surface area is 161 Å². The minimum absolute atomic E-state index is 0.239. The molecule has 8 heteroatoms. The third kappa shape index (κ3) is 2.77. The van der Waals surface area contributed by atoms with Gasteiger partial charge in [0, 0.05) is 42.3 Å². The highest BCUT2D eigenvalue weighted by Crippen LogP contribution is 2.43. The predicted octanol–water partition coefficient (Wildman–Crippen LogP) is 2.98. The van der Waals surface area contributed by atoms with Gasteiger partial charge in [-0.25, -0.2) is 4.99 Å². The Bertz CT molecular complexity index is 1110. The van der Waals surface area contributed by atoms with Crippen molar-refractivity contribution in [1.82, 2.24) is 20.3 Å². The molecule has 8 nitrogen and oxygen atoms in total. The number of amides is 1. The Morgan fingerprint density at radius 1 is 1.32 bits per heavy atom. The van der Waals surface area contributed by atoms with Crippen LogP contribution in [0.15, 0.2) is 40.2 Å². The summed E-state index contributed by atoms with van der Waals surface area (Å²) in [6, 6.07) is 3.89. The fraction of sp³-hybridized carbons (Fsp3) is 0.300. The number of hydrogen-bond acceptors (Lipinski definition) is 6. The lowest BCUT2D eigenvalue weighted by atomic mass is 10.0. The number of hydrogen-bond donors (Lipinski definition) is 1. The van der Waals surface area contributed by atoms with E-state index >= 15 is 0 Å². The molecule has 1 saturated carbocycles. The molecule has 1 aliphatic heterocycles. The normalized spacial score (nSPS) is 15.3. The quantitative estimate of drug-likeness (QED) is 0.754. The van der Waals surface area contributed by atoms with Crippen LogP contribution in [0.2, 0.25) is 0 Å². The monoisotopic (exact) mass is 377 g/mol. The summed E-state index contributed by atoms with van der Waals surface area (Å²) in [5.41, 5.74) is 4.16. The zero-order chi connectivity index (χ0) is 19.3. The van der Waals surface area contributed by atoms with Crippen LogP contribution in [-0.2, 0) is 13.5 Å². The average Bonchev–Trinajstić information content (AvgIpc) is 3.08. The lowest BCUT2D eigenvalue weighted by Gasteiger charge is -2.09. The van der Waals surface area contributed by atoms with E-state index in [1.54, 1.807) is 18.0 Å². The summed E-state index contributed by atoms with van der Waals surface area (Å²) in [4.78, 5) is 17.4.